The highest BCUT2D eigenvalue weighted by atomic mass is 32.1. The van der Waals surface area contributed by atoms with E-state index >= 15 is 0 Å². The first-order valence-electron chi connectivity index (χ1n) is 9.24. The fraction of sp³-hybridized carbons (Fsp3) is 0.550. The maximum atomic E-state index is 5.06. The number of hydrogen-bond donors (Lipinski definition) is 1. The summed E-state index contributed by atoms with van der Waals surface area (Å²) in [5, 5.41) is 4.69. The van der Waals surface area contributed by atoms with Gasteiger partial charge in [0.05, 0.1) is 16.3 Å². The minimum Gasteiger partial charge on any atom is -0.367 e. The number of nitrogens with zero attached hydrogens (tertiary/aromatic N) is 2. The normalized spacial score (nSPS) is 20.8. The molecule has 0 aliphatic carbocycles. The maximum absolute atomic E-state index is 5.06. The van der Waals surface area contributed by atoms with Gasteiger partial charge in [-0.2, -0.15) is 0 Å². The molecule has 4 heteroatoms. The molecule has 3 nitrogen and oxygen atoms in total. The number of nitrogens with one attached hydrogen (secondary N) is 1. The second-order valence-electron chi connectivity index (χ2n) is 6.79. The molecule has 1 N–H and O–H groups in total. The first-order chi connectivity index (χ1) is 11.6. The molecule has 1 aliphatic heterocycles. The van der Waals surface area contributed by atoms with Crippen LogP contribution in [0.25, 0.3) is 10.2 Å². The van der Waals surface area contributed by atoms with Crippen LogP contribution >= 0.6 is 11.3 Å². The number of aromatic nitrogens is 1. The van der Waals surface area contributed by atoms with E-state index in [4.69, 9.17) is 4.98 Å². The summed E-state index contributed by atoms with van der Waals surface area (Å²) in [4.78, 5) is 7.40. The summed E-state index contributed by atoms with van der Waals surface area (Å²) >= 11 is 1.80. The molecule has 0 radical (unpaired) electrons. The third-order valence-electron chi connectivity index (χ3n) is 5.05. The van der Waals surface area contributed by atoms with E-state index in [2.05, 4.69) is 56.6 Å². The molecule has 1 aromatic carbocycles. The second kappa shape index (κ2) is 7.14. The number of rotatable bonds is 6. The van der Waals surface area contributed by atoms with Gasteiger partial charge in [-0.05, 0) is 43.4 Å². The standard InChI is InChI=1S/C20H29N3S/c1-6-9-15-13(4)11-12-18-19(15)22-20(24-18)23-14(5)21-16(10-7-2)17(23)8-3/h11-12,16-17,21H,5-10H2,1-4H3. The highest BCUT2D eigenvalue weighted by molar-refractivity contribution is 7.22. The van der Waals surface area contributed by atoms with Crippen molar-refractivity contribution in [1.82, 2.24) is 10.3 Å². The van der Waals surface area contributed by atoms with Crippen molar-refractivity contribution in [1.29, 1.82) is 0 Å². The van der Waals surface area contributed by atoms with Crippen molar-refractivity contribution in [3.8, 4) is 0 Å². The Balaban J connectivity index is 2.02. The minimum absolute atomic E-state index is 0.453. The average Bonchev–Trinajstić information content (AvgIpc) is 3.11. The van der Waals surface area contributed by atoms with Crippen LogP contribution in [0, 0.1) is 6.92 Å². The van der Waals surface area contributed by atoms with Gasteiger partial charge in [-0.1, -0.05) is 57.6 Å². The first kappa shape index (κ1) is 17.3. The molecule has 2 aromatic rings. The van der Waals surface area contributed by atoms with Gasteiger partial charge < -0.3 is 5.32 Å². The third-order valence-corrected chi connectivity index (χ3v) is 6.07. The van der Waals surface area contributed by atoms with Gasteiger partial charge in [0.2, 0.25) is 0 Å². The molecular weight excluding hydrogens is 314 g/mol. The summed E-state index contributed by atoms with van der Waals surface area (Å²) in [6.45, 7) is 13.2. The highest BCUT2D eigenvalue weighted by Crippen LogP contribution is 2.38. The molecule has 2 heterocycles. The maximum Gasteiger partial charge on any atom is 0.192 e. The van der Waals surface area contributed by atoms with Gasteiger partial charge in [0.15, 0.2) is 5.13 Å². The Labute approximate surface area is 149 Å². The molecule has 0 saturated carbocycles. The Morgan fingerprint density at radius 1 is 1.25 bits per heavy atom. The van der Waals surface area contributed by atoms with Gasteiger partial charge in [0.25, 0.3) is 0 Å². The van der Waals surface area contributed by atoms with Crippen LogP contribution in [-0.4, -0.2) is 17.1 Å². The van der Waals surface area contributed by atoms with Crippen LogP contribution in [0.4, 0.5) is 5.13 Å². The summed E-state index contributed by atoms with van der Waals surface area (Å²) in [7, 11) is 0. The van der Waals surface area contributed by atoms with E-state index in [9.17, 15) is 0 Å². The molecule has 0 amide bonds. The summed E-state index contributed by atoms with van der Waals surface area (Å²) < 4.78 is 1.29. The Morgan fingerprint density at radius 3 is 2.71 bits per heavy atom. The Hall–Kier alpha value is -1.55. The minimum atomic E-state index is 0.453. The van der Waals surface area contributed by atoms with E-state index in [0.717, 1.165) is 30.2 Å². The van der Waals surface area contributed by atoms with E-state index in [1.165, 1.54) is 34.2 Å². The molecule has 1 saturated heterocycles. The molecular formula is C20H29N3S. The topological polar surface area (TPSA) is 28.2 Å². The van der Waals surface area contributed by atoms with Crippen LogP contribution in [0.5, 0.6) is 0 Å². The van der Waals surface area contributed by atoms with Gasteiger partial charge in [0.1, 0.15) is 5.82 Å². The zero-order valence-electron chi connectivity index (χ0n) is 15.4. The molecule has 2 unspecified atom stereocenters. The summed E-state index contributed by atoms with van der Waals surface area (Å²) in [6, 6.07) is 5.40. The summed E-state index contributed by atoms with van der Waals surface area (Å²) in [6.07, 6.45) is 5.73. The molecule has 130 valence electrons. The average molecular weight is 344 g/mol. The van der Waals surface area contributed by atoms with Gasteiger partial charge in [-0.3, -0.25) is 4.90 Å². The van der Waals surface area contributed by atoms with Gasteiger partial charge in [0, 0.05) is 6.04 Å². The number of anilines is 1. The molecule has 1 aromatic heterocycles. The van der Waals surface area contributed by atoms with E-state index in [-0.39, 0.29) is 0 Å². The van der Waals surface area contributed by atoms with Gasteiger partial charge in [-0.15, -0.1) is 0 Å². The molecule has 0 bridgehead atoms. The zero-order chi connectivity index (χ0) is 17.3. The van der Waals surface area contributed by atoms with E-state index in [1.54, 1.807) is 11.3 Å². The van der Waals surface area contributed by atoms with Crippen LogP contribution < -0.4 is 10.2 Å². The zero-order valence-corrected chi connectivity index (χ0v) is 16.2. The Bertz CT molecular complexity index is 734. The monoisotopic (exact) mass is 343 g/mol. The van der Waals surface area contributed by atoms with Crippen molar-refractivity contribution in [2.75, 3.05) is 4.90 Å². The van der Waals surface area contributed by atoms with Crippen molar-refractivity contribution in [2.45, 2.75) is 71.9 Å². The van der Waals surface area contributed by atoms with Gasteiger partial charge >= 0.3 is 0 Å². The molecule has 3 rings (SSSR count). The molecule has 0 spiro atoms. The summed E-state index contributed by atoms with van der Waals surface area (Å²) in [5.41, 5.74) is 3.96. The fourth-order valence-corrected chi connectivity index (χ4v) is 4.95. The predicted octanol–water partition coefficient (Wildman–Crippen LogP) is 5.39. The van der Waals surface area contributed by atoms with Crippen LogP contribution in [0.3, 0.4) is 0 Å². The first-order valence-corrected chi connectivity index (χ1v) is 10.1. The van der Waals surface area contributed by atoms with E-state index in [1.807, 2.05) is 0 Å². The lowest BCUT2D eigenvalue weighted by atomic mass is 10.0. The van der Waals surface area contributed by atoms with Crippen LogP contribution in [0.2, 0.25) is 0 Å². The number of hydrogen-bond acceptors (Lipinski definition) is 4. The number of thiazole rings is 1. The number of aryl methyl sites for hydroxylation is 2. The summed E-state index contributed by atoms with van der Waals surface area (Å²) in [5.74, 6) is 1.01. The SMILES string of the molecule is C=C1NC(CCC)C(CC)N1c1nc2c(CCC)c(C)ccc2s1. The molecule has 2 atom stereocenters. The van der Waals surface area contributed by atoms with Crippen LogP contribution in [-0.2, 0) is 6.42 Å². The van der Waals surface area contributed by atoms with Crippen molar-refractivity contribution in [2.24, 2.45) is 0 Å². The highest BCUT2D eigenvalue weighted by Gasteiger charge is 2.36. The fourth-order valence-electron chi connectivity index (χ4n) is 3.87. The Kier molecular flexibility index (Phi) is 5.14. The quantitative estimate of drug-likeness (QED) is 0.762. The van der Waals surface area contributed by atoms with Crippen molar-refractivity contribution in [3.05, 3.63) is 35.7 Å². The van der Waals surface area contributed by atoms with Crippen molar-refractivity contribution in [3.63, 3.8) is 0 Å². The second-order valence-corrected chi connectivity index (χ2v) is 7.80. The van der Waals surface area contributed by atoms with Gasteiger partial charge in [-0.25, -0.2) is 4.98 Å². The van der Waals surface area contributed by atoms with Crippen molar-refractivity contribution >= 4 is 26.7 Å². The van der Waals surface area contributed by atoms with E-state index in [0.29, 0.717) is 12.1 Å². The third kappa shape index (κ3) is 2.92. The largest absolute Gasteiger partial charge is 0.367 e. The molecule has 1 aliphatic rings. The van der Waals surface area contributed by atoms with Crippen LogP contribution in [0.1, 0.15) is 57.6 Å². The number of fused-ring (bicyclic) bond motifs is 1. The lowest BCUT2D eigenvalue weighted by Crippen LogP contribution is -2.35. The van der Waals surface area contributed by atoms with Crippen LogP contribution in [0.15, 0.2) is 24.5 Å². The molecule has 24 heavy (non-hydrogen) atoms. The smallest absolute Gasteiger partial charge is 0.192 e. The number of benzene rings is 1. The van der Waals surface area contributed by atoms with Crippen molar-refractivity contribution < 1.29 is 0 Å². The predicted molar refractivity (Wildman–Crippen MR) is 106 cm³/mol. The Morgan fingerprint density at radius 2 is 2.04 bits per heavy atom. The lowest BCUT2D eigenvalue weighted by Gasteiger charge is -2.24. The molecule has 1 fully saturated rings. The van der Waals surface area contributed by atoms with E-state index < -0.39 is 0 Å². The lowest BCUT2D eigenvalue weighted by molar-refractivity contribution is 0.483.